The first-order valence-electron chi connectivity index (χ1n) is 7.25. The molecule has 134 valence electrons. The van der Waals surface area contributed by atoms with Crippen molar-refractivity contribution in [1.29, 1.82) is 0 Å². The molecule has 0 unspecified atom stereocenters. The van der Waals surface area contributed by atoms with E-state index in [0.29, 0.717) is 13.1 Å². The number of likely N-dealkylation sites (N-methyl/N-ethyl adjacent to an activating group) is 1. The number of rotatable bonds is 6. The molecule has 24 heavy (non-hydrogen) atoms. The van der Waals surface area contributed by atoms with E-state index in [-0.39, 0.29) is 54.3 Å². The van der Waals surface area contributed by atoms with Crippen LogP contribution >= 0.6 is 12.4 Å². The van der Waals surface area contributed by atoms with Crippen LogP contribution in [-0.4, -0.2) is 64.3 Å². The number of sulfonamides is 1. The van der Waals surface area contributed by atoms with Crippen molar-refractivity contribution in [3.63, 3.8) is 0 Å². The Morgan fingerprint density at radius 1 is 1.33 bits per heavy atom. The quantitative estimate of drug-likeness (QED) is 0.562. The number of hydrogen-bond acceptors (Lipinski definition) is 5. The van der Waals surface area contributed by atoms with E-state index in [1.54, 1.807) is 13.1 Å². The van der Waals surface area contributed by atoms with Crippen LogP contribution in [0.1, 0.15) is 10.4 Å². The molecule has 1 aromatic rings. The van der Waals surface area contributed by atoms with Gasteiger partial charge in [0.1, 0.15) is 0 Å². The summed E-state index contributed by atoms with van der Waals surface area (Å²) in [6, 6.07) is 5.82. The Hall–Kier alpha value is -1.68. The number of carbonyl (C=O) groups excluding carboxylic acids is 2. The zero-order chi connectivity index (χ0) is 16.9. The van der Waals surface area contributed by atoms with Gasteiger partial charge in [0.05, 0.1) is 11.4 Å². The lowest BCUT2D eigenvalue weighted by Crippen LogP contribution is -2.49. The van der Waals surface area contributed by atoms with Crippen LogP contribution in [-0.2, 0) is 14.8 Å². The molecular weight excluding hydrogens is 356 g/mol. The second-order valence-electron chi connectivity index (χ2n) is 5.08. The maximum absolute atomic E-state index is 12.6. The van der Waals surface area contributed by atoms with Gasteiger partial charge in [0.25, 0.3) is 5.91 Å². The monoisotopic (exact) mass is 376 g/mol. The molecular formula is C14H21ClN4O4S. The van der Waals surface area contributed by atoms with Crippen LogP contribution in [0.2, 0.25) is 0 Å². The first-order chi connectivity index (χ1) is 10.9. The molecule has 0 aromatic heterocycles. The van der Waals surface area contributed by atoms with Crippen LogP contribution in [0.3, 0.4) is 0 Å². The lowest BCUT2D eigenvalue weighted by molar-refractivity contribution is -0.122. The number of hydrogen-bond donors (Lipinski definition) is 3. The molecule has 1 heterocycles. The third-order valence-corrected chi connectivity index (χ3v) is 5.24. The van der Waals surface area contributed by atoms with Gasteiger partial charge in [-0.15, -0.1) is 12.4 Å². The maximum atomic E-state index is 12.6. The highest BCUT2D eigenvalue weighted by Gasteiger charge is 2.29. The summed E-state index contributed by atoms with van der Waals surface area (Å²) >= 11 is 0. The predicted molar refractivity (Wildman–Crippen MR) is 91.7 cm³/mol. The molecule has 2 rings (SSSR count). The highest BCUT2D eigenvalue weighted by Crippen LogP contribution is 2.17. The summed E-state index contributed by atoms with van der Waals surface area (Å²) in [5.41, 5.74) is 0.267. The summed E-state index contributed by atoms with van der Waals surface area (Å²) in [5.74, 6) is -0.672. The van der Waals surface area contributed by atoms with Crippen LogP contribution in [0.4, 0.5) is 0 Å². The molecule has 1 aromatic carbocycles. The third kappa shape index (κ3) is 4.91. The molecule has 3 N–H and O–H groups in total. The second-order valence-corrected chi connectivity index (χ2v) is 7.01. The average Bonchev–Trinajstić information content (AvgIpc) is 2.55. The lowest BCUT2D eigenvalue weighted by Gasteiger charge is -2.26. The fourth-order valence-electron chi connectivity index (χ4n) is 2.17. The zero-order valence-corrected chi connectivity index (χ0v) is 14.9. The van der Waals surface area contributed by atoms with Gasteiger partial charge in [0.2, 0.25) is 15.9 Å². The first-order valence-corrected chi connectivity index (χ1v) is 8.69. The Bertz CT molecular complexity index is 696. The number of amides is 2. The summed E-state index contributed by atoms with van der Waals surface area (Å²) in [7, 11) is -2.02. The Kier molecular flexibility index (Phi) is 7.61. The lowest BCUT2D eigenvalue weighted by atomic mass is 10.2. The van der Waals surface area contributed by atoms with Gasteiger partial charge in [-0.1, -0.05) is 6.07 Å². The van der Waals surface area contributed by atoms with E-state index >= 15 is 0 Å². The van der Waals surface area contributed by atoms with Gasteiger partial charge in [-0.25, -0.2) is 8.42 Å². The fourth-order valence-corrected chi connectivity index (χ4v) is 3.61. The molecule has 0 spiro atoms. The van der Waals surface area contributed by atoms with Crippen molar-refractivity contribution in [2.45, 2.75) is 4.90 Å². The SMILES string of the molecule is CNCCNC(=O)c1cccc(S(=O)(=O)N2CCNC(=O)C2)c1.Cl. The van der Waals surface area contributed by atoms with Crippen LogP contribution in [0, 0.1) is 0 Å². The van der Waals surface area contributed by atoms with Gasteiger partial charge >= 0.3 is 0 Å². The van der Waals surface area contributed by atoms with Gasteiger partial charge in [0, 0.05) is 31.7 Å². The van der Waals surface area contributed by atoms with Crippen molar-refractivity contribution < 1.29 is 18.0 Å². The normalized spacial score (nSPS) is 15.3. The van der Waals surface area contributed by atoms with E-state index < -0.39 is 10.0 Å². The fraction of sp³-hybridized carbons (Fsp3) is 0.429. The molecule has 0 saturated carbocycles. The number of nitrogens with one attached hydrogen (secondary N) is 3. The minimum absolute atomic E-state index is 0. The number of benzene rings is 1. The van der Waals surface area contributed by atoms with E-state index in [1.165, 1.54) is 18.2 Å². The van der Waals surface area contributed by atoms with E-state index in [9.17, 15) is 18.0 Å². The number of halogens is 1. The van der Waals surface area contributed by atoms with Crippen molar-refractivity contribution in [1.82, 2.24) is 20.3 Å². The highest BCUT2D eigenvalue weighted by molar-refractivity contribution is 7.89. The molecule has 1 aliphatic heterocycles. The summed E-state index contributed by atoms with van der Waals surface area (Å²) in [6.45, 7) is 1.35. The van der Waals surface area contributed by atoms with Crippen molar-refractivity contribution in [2.75, 3.05) is 39.8 Å². The standard InChI is InChI=1S/C14H20N4O4S.ClH/c1-15-5-6-17-14(20)11-3-2-4-12(9-11)23(21,22)18-8-7-16-13(19)10-18;/h2-4,9,15H,5-8,10H2,1H3,(H,16,19)(H,17,20);1H. The average molecular weight is 377 g/mol. The van der Waals surface area contributed by atoms with Gasteiger partial charge < -0.3 is 16.0 Å². The van der Waals surface area contributed by atoms with Crippen LogP contribution in [0.5, 0.6) is 0 Å². The molecule has 1 saturated heterocycles. The summed E-state index contributed by atoms with van der Waals surface area (Å²) in [4.78, 5) is 23.4. The van der Waals surface area contributed by atoms with E-state index in [4.69, 9.17) is 0 Å². The minimum Gasteiger partial charge on any atom is -0.354 e. The highest BCUT2D eigenvalue weighted by atomic mass is 35.5. The van der Waals surface area contributed by atoms with Crippen molar-refractivity contribution in [2.24, 2.45) is 0 Å². The smallest absolute Gasteiger partial charge is 0.251 e. The minimum atomic E-state index is -3.80. The Morgan fingerprint density at radius 3 is 2.75 bits per heavy atom. The van der Waals surface area contributed by atoms with Gasteiger partial charge in [0.15, 0.2) is 0 Å². The molecule has 0 atom stereocenters. The molecule has 1 fully saturated rings. The van der Waals surface area contributed by atoms with E-state index in [1.807, 2.05) is 0 Å². The first kappa shape index (κ1) is 20.4. The number of carbonyl (C=O) groups is 2. The second kappa shape index (κ2) is 8.97. The number of nitrogens with zero attached hydrogens (tertiary/aromatic N) is 1. The molecule has 2 amide bonds. The van der Waals surface area contributed by atoms with Crippen LogP contribution in [0.15, 0.2) is 29.2 Å². The Labute approximate surface area is 147 Å². The Morgan fingerprint density at radius 2 is 2.08 bits per heavy atom. The molecule has 0 bridgehead atoms. The predicted octanol–water partition coefficient (Wildman–Crippen LogP) is -0.822. The zero-order valence-electron chi connectivity index (χ0n) is 13.2. The summed E-state index contributed by atoms with van der Waals surface area (Å²) in [5, 5.41) is 8.17. The van der Waals surface area contributed by atoms with Crippen molar-refractivity contribution >= 4 is 34.2 Å². The van der Waals surface area contributed by atoms with Gasteiger partial charge in [-0.3, -0.25) is 9.59 Å². The topological polar surface area (TPSA) is 108 Å². The largest absolute Gasteiger partial charge is 0.354 e. The summed E-state index contributed by atoms with van der Waals surface area (Å²) in [6.07, 6.45) is 0. The molecule has 8 nitrogen and oxygen atoms in total. The van der Waals surface area contributed by atoms with E-state index in [0.717, 1.165) is 4.31 Å². The molecule has 0 aliphatic carbocycles. The van der Waals surface area contributed by atoms with Gasteiger partial charge in [-0.2, -0.15) is 4.31 Å². The Balaban J connectivity index is 0.00000288. The molecule has 10 heteroatoms. The van der Waals surface area contributed by atoms with Gasteiger partial charge in [-0.05, 0) is 25.2 Å². The van der Waals surface area contributed by atoms with Crippen molar-refractivity contribution in [3.05, 3.63) is 29.8 Å². The molecule has 1 aliphatic rings. The molecule has 0 radical (unpaired) electrons. The van der Waals surface area contributed by atoms with Crippen molar-refractivity contribution in [3.8, 4) is 0 Å². The maximum Gasteiger partial charge on any atom is 0.251 e. The summed E-state index contributed by atoms with van der Waals surface area (Å²) < 4.78 is 26.3. The number of piperazine rings is 1. The van der Waals surface area contributed by atoms with Crippen LogP contribution in [0.25, 0.3) is 0 Å². The van der Waals surface area contributed by atoms with Crippen LogP contribution < -0.4 is 16.0 Å². The van der Waals surface area contributed by atoms with E-state index in [2.05, 4.69) is 16.0 Å². The third-order valence-electron chi connectivity index (χ3n) is 3.40.